The molecular weight excluding hydrogens is 432 g/mol. The average molecular weight is 459 g/mol. The SMILES string of the molecule is CC(C)N(C)S(=O)(=O)c1ccc(NC(=O)CSc2ncc(-c3ccccc3)n2C)cc1. The molecule has 0 spiro atoms. The van der Waals surface area contributed by atoms with E-state index in [1.165, 1.54) is 28.2 Å². The van der Waals surface area contributed by atoms with Gasteiger partial charge in [-0.25, -0.2) is 13.4 Å². The van der Waals surface area contributed by atoms with Crippen molar-refractivity contribution >= 4 is 33.4 Å². The van der Waals surface area contributed by atoms with Crippen LogP contribution in [0.4, 0.5) is 5.69 Å². The number of benzene rings is 2. The van der Waals surface area contributed by atoms with Crippen LogP contribution in [0.2, 0.25) is 0 Å². The van der Waals surface area contributed by atoms with Gasteiger partial charge in [-0.15, -0.1) is 0 Å². The third kappa shape index (κ3) is 5.36. The molecule has 0 bridgehead atoms. The minimum absolute atomic E-state index is 0.144. The van der Waals surface area contributed by atoms with Crippen LogP contribution in [0, 0.1) is 0 Å². The molecule has 1 aromatic heterocycles. The van der Waals surface area contributed by atoms with Crippen LogP contribution in [0.3, 0.4) is 0 Å². The summed E-state index contributed by atoms with van der Waals surface area (Å²) in [5.74, 6) is -0.000884. The molecule has 0 aliphatic heterocycles. The van der Waals surface area contributed by atoms with Gasteiger partial charge < -0.3 is 9.88 Å². The number of imidazole rings is 1. The molecule has 31 heavy (non-hydrogen) atoms. The average Bonchev–Trinajstić information content (AvgIpc) is 3.13. The number of carbonyl (C=O) groups excluding carboxylic acids is 1. The van der Waals surface area contributed by atoms with Gasteiger partial charge in [0.2, 0.25) is 15.9 Å². The van der Waals surface area contributed by atoms with Gasteiger partial charge in [-0.2, -0.15) is 4.31 Å². The number of hydrogen-bond acceptors (Lipinski definition) is 5. The summed E-state index contributed by atoms with van der Waals surface area (Å²) in [6, 6.07) is 16.0. The van der Waals surface area contributed by atoms with Crippen LogP contribution >= 0.6 is 11.8 Å². The van der Waals surface area contributed by atoms with Gasteiger partial charge in [0, 0.05) is 25.8 Å². The van der Waals surface area contributed by atoms with Crippen molar-refractivity contribution in [2.45, 2.75) is 29.9 Å². The van der Waals surface area contributed by atoms with Gasteiger partial charge >= 0.3 is 0 Å². The molecule has 3 aromatic rings. The van der Waals surface area contributed by atoms with Gasteiger partial charge in [-0.1, -0.05) is 42.1 Å². The third-order valence-corrected chi connectivity index (χ3v) is 7.98. The van der Waals surface area contributed by atoms with Crippen molar-refractivity contribution in [3.05, 3.63) is 60.8 Å². The van der Waals surface area contributed by atoms with Crippen LogP contribution in [0.5, 0.6) is 0 Å². The highest BCUT2D eigenvalue weighted by Crippen LogP contribution is 2.25. The zero-order chi connectivity index (χ0) is 22.6. The summed E-state index contributed by atoms with van der Waals surface area (Å²) in [7, 11) is -0.0807. The number of sulfonamides is 1. The molecule has 0 aliphatic rings. The Morgan fingerprint density at radius 2 is 1.77 bits per heavy atom. The van der Waals surface area contributed by atoms with Crippen molar-refractivity contribution in [1.82, 2.24) is 13.9 Å². The first-order valence-corrected chi connectivity index (χ1v) is 12.2. The summed E-state index contributed by atoms with van der Waals surface area (Å²) < 4.78 is 28.3. The number of amides is 1. The van der Waals surface area contributed by atoms with Crippen molar-refractivity contribution < 1.29 is 13.2 Å². The number of carbonyl (C=O) groups is 1. The fourth-order valence-electron chi connectivity index (χ4n) is 2.89. The van der Waals surface area contributed by atoms with E-state index in [2.05, 4.69) is 10.3 Å². The first-order valence-electron chi connectivity index (χ1n) is 9.78. The van der Waals surface area contributed by atoms with Crippen molar-refractivity contribution in [2.75, 3.05) is 18.1 Å². The predicted octanol–water partition coefficient (Wildman–Crippen LogP) is 3.85. The molecule has 0 aliphatic carbocycles. The van der Waals surface area contributed by atoms with E-state index in [9.17, 15) is 13.2 Å². The first kappa shape index (κ1) is 23.1. The van der Waals surface area contributed by atoms with Gasteiger partial charge in [0.15, 0.2) is 5.16 Å². The number of anilines is 1. The summed E-state index contributed by atoms with van der Waals surface area (Å²) >= 11 is 1.34. The molecule has 164 valence electrons. The summed E-state index contributed by atoms with van der Waals surface area (Å²) in [5.41, 5.74) is 2.58. The van der Waals surface area contributed by atoms with Gasteiger partial charge in [0.1, 0.15) is 0 Å². The van der Waals surface area contributed by atoms with E-state index in [0.29, 0.717) is 5.69 Å². The van der Waals surface area contributed by atoms with Gasteiger partial charge in [-0.3, -0.25) is 4.79 Å². The van der Waals surface area contributed by atoms with E-state index in [-0.39, 0.29) is 22.6 Å². The third-order valence-electron chi connectivity index (χ3n) is 4.89. The lowest BCUT2D eigenvalue weighted by atomic mass is 10.2. The fourth-order valence-corrected chi connectivity index (χ4v) is 5.00. The van der Waals surface area contributed by atoms with Crippen LogP contribution in [-0.2, 0) is 21.9 Å². The maximum absolute atomic E-state index is 12.5. The predicted molar refractivity (Wildman–Crippen MR) is 125 cm³/mol. The Morgan fingerprint density at radius 1 is 1.13 bits per heavy atom. The van der Waals surface area contributed by atoms with E-state index in [1.54, 1.807) is 25.4 Å². The highest BCUT2D eigenvalue weighted by atomic mass is 32.2. The number of nitrogens with one attached hydrogen (secondary N) is 1. The maximum atomic E-state index is 12.5. The van der Waals surface area contributed by atoms with Gasteiger partial charge in [0.05, 0.1) is 22.5 Å². The largest absolute Gasteiger partial charge is 0.325 e. The molecule has 2 aromatic carbocycles. The number of hydrogen-bond donors (Lipinski definition) is 1. The number of thioether (sulfide) groups is 1. The maximum Gasteiger partial charge on any atom is 0.243 e. The Hall–Kier alpha value is -2.62. The van der Waals surface area contributed by atoms with Crippen LogP contribution in [-0.4, -0.2) is 47.0 Å². The normalized spacial score (nSPS) is 11.8. The quantitative estimate of drug-likeness (QED) is 0.519. The van der Waals surface area contributed by atoms with Crippen molar-refractivity contribution in [3.63, 3.8) is 0 Å². The van der Waals surface area contributed by atoms with Gasteiger partial charge in [0.25, 0.3) is 0 Å². The molecular formula is C22H26N4O3S2. The smallest absolute Gasteiger partial charge is 0.243 e. The zero-order valence-electron chi connectivity index (χ0n) is 17.9. The molecule has 7 nitrogen and oxygen atoms in total. The van der Waals surface area contributed by atoms with E-state index >= 15 is 0 Å². The molecule has 0 atom stereocenters. The monoisotopic (exact) mass is 458 g/mol. The number of aromatic nitrogens is 2. The summed E-state index contributed by atoms with van der Waals surface area (Å²) in [4.78, 5) is 17.0. The standard InChI is InChI=1S/C22H26N4O3S2/c1-16(2)26(4)31(28,29)19-12-10-18(11-13-19)24-21(27)15-30-22-23-14-20(25(22)3)17-8-6-5-7-9-17/h5-14,16H,15H2,1-4H3,(H,24,27). The van der Waals surface area contributed by atoms with E-state index < -0.39 is 10.0 Å². The number of rotatable bonds is 8. The summed E-state index contributed by atoms with van der Waals surface area (Å²) in [5, 5.41) is 3.54. The van der Waals surface area contributed by atoms with Crippen molar-refractivity contribution in [1.29, 1.82) is 0 Å². The molecule has 1 amide bonds. The topological polar surface area (TPSA) is 84.3 Å². The van der Waals surface area contributed by atoms with Crippen molar-refractivity contribution in [3.8, 4) is 11.3 Å². The molecule has 0 saturated heterocycles. The molecule has 0 saturated carbocycles. The minimum atomic E-state index is -3.55. The molecule has 1 heterocycles. The zero-order valence-corrected chi connectivity index (χ0v) is 19.6. The Bertz CT molecular complexity index is 1140. The first-order chi connectivity index (χ1) is 14.7. The van der Waals surface area contributed by atoms with E-state index in [0.717, 1.165) is 16.4 Å². The lowest BCUT2D eigenvalue weighted by Gasteiger charge is -2.21. The summed E-state index contributed by atoms with van der Waals surface area (Å²) in [6.45, 7) is 3.63. The van der Waals surface area contributed by atoms with E-state index in [4.69, 9.17) is 0 Å². The molecule has 9 heteroatoms. The Morgan fingerprint density at radius 3 is 2.39 bits per heavy atom. The van der Waals surface area contributed by atoms with Crippen molar-refractivity contribution in [2.24, 2.45) is 7.05 Å². The van der Waals surface area contributed by atoms with E-state index in [1.807, 2.05) is 55.8 Å². The Balaban J connectivity index is 1.60. The second-order valence-corrected chi connectivity index (χ2v) is 10.3. The Kier molecular flexibility index (Phi) is 7.19. The molecule has 1 N–H and O–H groups in total. The number of nitrogens with zero attached hydrogens (tertiary/aromatic N) is 3. The van der Waals surface area contributed by atoms with Crippen LogP contribution < -0.4 is 5.32 Å². The van der Waals surface area contributed by atoms with Crippen LogP contribution in [0.25, 0.3) is 11.3 Å². The highest BCUT2D eigenvalue weighted by Gasteiger charge is 2.22. The highest BCUT2D eigenvalue weighted by molar-refractivity contribution is 7.99. The van der Waals surface area contributed by atoms with Crippen LogP contribution in [0.1, 0.15) is 13.8 Å². The van der Waals surface area contributed by atoms with Crippen LogP contribution in [0.15, 0.2) is 70.8 Å². The molecule has 0 unspecified atom stereocenters. The fraction of sp³-hybridized carbons (Fsp3) is 0.273. The second kappa shape index (κ2) is 9.67. The second-order valence-electron chi connectivity index (χ2n) is 7.33. The Labute approximate surface area is 187 Å². The lowest BCUT2D eigenvalue weighted by Crippen LogP contribution is -2.33. The summed E-state index contributed by atoms with van der Waals surface area (Å²) in [6.07, 6.45) is 1.79. The lowest BCUT2D eigenvalue weighted by molar-refractivity contribution is -0.113. The molecule has 0 fully saturated rings. The molecule has 0 radical (unpaired) electrons. The minimum Gasteiger partial charge on any atom is -0.325 e. The molecule has 3 rings (SSSR count). The van der Waals surface area contributed by atoms with Gasteiger partial charge in [-0.05, 0) is 43.7 Å².